The highest BCUT2D eigenvalue weighted by molar-refractivity contribution is 5.77. The summed E-state index contributed by atoms with van der Waals surface area (Å²) in [5.41, 5.74) is 0. The summed E-state index contributed by atoms with van der Waals surface area (Å²) in [4.78, 5) is 11.5. The van der Waals surface area contributed by atoms with Crippen LogP contribution in [0.25, 0.3) is 0 Å². The van der Waals surface area contributed by atoms with Crippen LogP contribution in [0.15, 0.2) is 24.3 Å². The van der Waals surface area contributed by atoms with Gasteiger partial charge >= 0.3 is 0 Å². The number of aliphatic hydroxyl groups is 1. The van der Waals surface area contributed by atoms with Gasteiger partial charge in [-0.3, -0.25) is 4.79 Å². The van der Waals surface area contributed by atoms with Gasteiger partial charge in [-0.1, -0.05) is 6.92 Å². The van der Waals surface area contributed by atoms with Gasteiger partial charge in [-0.05, 0) is 30.7 Å². The third kappa shape index (κ3) is 4.63. The Hall–Kier alpha value is -1.75. The van der Waals surface area contributed by atoms with Gasteiger partial charge in [0.2, 0.25) is 0 Å². The third-order valence-corrected chi connectivity index (χ3v) is 2.51. The highest BCUT2D eigenvalue weighted by Crippen LogP contribution is 2.16. The van der Waals surface area contributed by atoms with E-state index in [0.29, 0.717) is 12.2 Å². The van der Waals surface area contributed by atoms with Crippen LogP contribution in [0.4, 0.5) is 0 Å². The standard InChI is InChI=1S/C13H19NO4/c1-3-10(8-15)14-13(16)9-18-12-6-4-11(17-2)5-7-12/h4-7,10,15H,3,8-9H2,1-2H3,(H,14,16)/t10-/m0/s1. The largest absolute Gasteiger partial charge is 0.497 e. The summed E-state index contributed by atoms with van der Waals surface area (Å²) in [5.74, 6) is 1.09. The lowest BCUT2D eigenvalue weighted by Crippen LogP contribution is -2.39. The van der Waals surface area contributed by atoms with Gasteiger partial charge in [-0.25, -0.2) is 0 Å². The minimum absolute atomic E-state index is 0.0647. The van der Waals surface area contributed by atoms with Crippen molar-refractivity contribution in [3.05, 3.63) is 24.3 Å². The average Bonchev–Trinajstić information content (AvgIpc) is 2.43. The zero-order valence-corrected chi connectivity index (χ0v) is 10.7. The molecule has 100 valence electrons. The van der Waals surface area contributed by atoms with Crippen molar-refractivity contribution in [1.82, 2.24) is 5.32 Å². The zero-order chi connectivity index (χ0) is 13.4. The fourth-order valence-corrected chi connectivity index (χ4v) is 1.37. The van der Waals surface area contributed by atoms with E-state index in [-0.39, 0.29) is 25.2 Å². The second-order valence-electron chi connectivity index (χ2n) is 3.82. The Morgan fingerprint density at radius 2 is 1.94 bits per heavy atom. The van der Waals surface area contributed by atoms with E-state index in [1.807, 2.05) is 6.92 Å². The number of benzene rings is 1. The number of nitrogens with one attached hydrogen (secondary N) is 1. The Morgan fingerprint density at radius 3 is 2.44 bits per heavy atom. The quantitative estimate of drug-likeness (QED) is 0.759. The van der Waals surface area contributed by atoms with Crippen LogP contribution < -0.4 is 14.8 Å². The predicted octanol–water partition coefficient (Wildman–Crippen LogP) is 0.961. The number of carbonyl (C=O) groups is 1. The Bertz CT molecular complexity index is 360. The van der Waals surface area contributed by atoms with Gasteiger partial charge < -0.3 is 19.9 Å². The summed E-state index contributed by atoms with van der Waals surface area (Å²) in [6, 6.07) is 6.77. The first-order valence-electron chi connectivity index (χ1n) is 5.86. The van der Waals surface area contributed by atoms with Crippen molar-refractivity contribution in [2.45, 2.75) is 19.4 Å². The van der Waals surface area contributed by atoms with Crippen LogP contribution >= 0.6 is 0 Å². The normalized spacial score (nSPS) is 11.7. The van der Waals surface area contributed by atoms with Crippen LogP contribution in [0.1, 0.15) is 13.3 Å². The van der Waals surface area contributed by atoms with E-state index >= 15 is 0 Å². The number of carbonyl (C=O) groups excluding carboxylic acids is 1. The van der Waals surface area contributed by atoms with Crippen LogP contribution in [0, 0.1) is 0 Å². The van der Waals surface area contributed by atoms with Crippen molar-refractivity contribution in [2.75, 3.05) is 20.3 Å². The molecule has 5 heteroatoms. The number of amides is 1. The topological polar surface area (TPSA) is 67.8 Å². The van der Waals surface area contributed by atoms with E-state index in [1.165, 1.54) is 0 Å². The van der Waals surface area contributed by atoms with Gasteiger partial charge in [0.05, 0.1) is 19.8 Å². The minimum Gasteiger partial charge on any atom is -0.497 e. The molecule has 5 nitrogen and oxygen atoms in total. The molecule has 1 atom stereocenters. The molecule has 1 aromatic carbocycles. The number of hydrogen-bond donors (Lipinski definition) is 2. The van der Waals surface area contributed by atoms with Crippen LogP contribution in [0.5, 0.6) is 11.5 Å². The van der Waals surface area contributed by atoms with Gasteiger partial charge in [0, 0.05) is 0 Å². The van der Waals surface area contributed by atoms with Crippen LogP contribution in [-0.2, 0) is 4.79 Å². The highest BCUT2D eigenvalue weighted by Gasteiger charge is 2.09. The van der Waals surface area contributed by atoms with Crippen molar-refractivity contribution >= 4 is 5.91 Å². The van der Waals surface area contributed by atoms with Crippen molar-refractivity contribution < 1.29 is 19.4 Å². The monoisotopic (exact) mass is 253 g/mol. The highest BCUT2D eigenvalue weighted by atomic mass is 16.5. The van der Waals surface area contributed by atoms with Gasteiger partial charge in [0.25, 0.3) is 5.91 Å². The SMILES string of the molecule is CC[C@@H](CO)NC(=O)COc1ccc(OC)cc1. The number of hydrogen-bond acceptors (Lipinski definition) is 4. The second kappa shape index (κ2) is 7.55. The molecule has 1 amide bonds. The van der Waals surface area contributed by atoms with Crippen molar-refractivity contribution in [3.8, 4) is 11.5 Å². The number of methoxy groups -OCH3 is 1. The number of ether oxygens (including phenoxy) is 2. The van der Waals surface area contributed by atoms with Gasteiger partial charge in [-0.15, -0.1) is 0 Å². The van der Waals surface area contributed by atoms with Gasteiger partial charge in [0.1, 0.15) is 11.5 Å². The lowest BCUT2D eigenvalue weighted by atomic mass is 10.2. The molecule has 0 aromatic heterocycles. The molecule has 0 fully saturated rings. The van der Waals surface area contributed by atoms with Crippen molar-refractivity contribution in [3.63, 3.8) is 0 Å². The zero-order valence-electron chi connectivity index (χ0n) is 10.7. The maximum atomic E-state index is 11.5. The summed E-state index contributed by atoms with van der Waals surface area (Å²) >= 11 is 0. The average molecular weight is 253 g/mol. The Kier molecular flexibility index (Phi) is 6.00. The fourth-order valence-electron chi connectivity index (χ4n) is 1.37. The molecule has 0 radical (unpaired) electrons. The molecule has 0 unspecified atom stereocenters. The lowest BCUT2D eigenvalue weighted by Gasteiger charge is -2.14. The predicted molar refractivity (Wildman–Crippen MR) is 67.8 cm³/mol. The Morgan fingerprint density at radius 1 is 1.33 bits per heavy atom. The first-order valence-corrected chi connectivity index (χ1v) is 5.86. The molecule has 2 N–H and O–H groups in total. The molecule has 0 aliphatic heterocycles. The van der Waals surface area contributed by atoms with E-state index in [2.05, 4.69) is 5.32 Å². The van der Waals surface area contributed by atoms with Crippen molar-refractivity contribution in [2.24, 2.45) is 0 Å². The summed E-state index contributed by atoms with van der Waals surface area (Å²) in [5, 5.41) is 11.6. The maximum Gasteiger partial charge on any atom is 0.258 e. The molecule has 18 heavy (non-hydrogen) atoms. The smallest absolute Gasteiger partial charge is 0.258 e. The first-order chi connectivity index (χ1) is 8.69. The lowest BCUT2D eigenvalue weighted by molar-refractivity contribution is -0.124. The molecule has 0 aliphatic rings. The Balaban J connectivity index is 2.37. The number of aliphatic hydroxyl groups excluding tert-OH is 1. The minimum atomic E-state index is -0.244. The van der Waals surface area contributed by atoms with Crippen LogP contribution in [0.3, 0.4) is 0 Å². The number of rotatable bonds is 7. The molecule has 0 bridgehead atoms. The molecule has 0 saturated heterocycles. The van der Waals surface area contributed by atoms with E-state index < -0.39 is 0 Å². The summed E-state index contributed by atoms with van der Waals surface area (Å²) in [6.07, 6.45) is 0.685. The summed E-state index contributed by atoms with van der Waals surface area (Å²) in [6.45, 7) is 1.76. The third-order valence-electron chi connectivity index (χ3n) is 2.51. The molecule has 0 spiro atoms. The van der Waals surface area contributed by atoms with Gasteiger partial charge in [0.15, 0.2) is 6.61 Å². The van der Waals surface area contributed by atoms with E-state index in [0.717, 1.165) is 5.75 Å². The van der Waals surface area contributed by atoms with E-state index in [1.54, 1.807) is 31.4 Å². The van der Waals surface area contributed by atoms with Crippen LogP contribution in [0.2, 0.25) is 0 Å². The maximum absolute atomic E-state index is 11.5. The molecule has 1 rings (SSSR count). The molecular formula is C13H19NO4. The molecule has 0 aliphatic carbocycles. The van der Waals surface area contributed by atoms with Gasteiger partial charge in [-0.2, -0.15) is 0 Å². The van der Waals surface area contributed by atoms with E-state index in [9.17, 15) is 4.79 Å². The van der Waals surface area contributed by atoms with Crippen molar-refractivity contribution in [1.29, 1.82) is 0 Å². The van der Waals surface area contributed by atoms with E-state index in [4.69, 9.17) is 14.6 Å². The Labute approximate surface area is 107 Å². The fraction of sp³-hybridized carbons (Fsp3) is 0.462. The first kappa shape index (κ1) is 14.3. The molecule has 0 heterocycles. The molecule has 0 saturated carbocycles. The summed E-state index contributed by atoms with van der Waals surface area (Å²) in [7, 11) is 1.59. The second-order valence-corrected chi connectivity index (χ2v) is 3.82. The molecule has 1 aromatic rings. The summed E-state index contributed by atoms with van der Waals surface area (Å²) < 4.78 is 10.3. The molecular weight excluding hydrogens is 234 g/mol. The van der Waals surface area contributed by atoms with Crippen LogP contribution in [-0.4, -0.2) is 37.4 Å².